The summed E-state index contributed by atoms with van der Waals surface area (Å²) in [6.07, 6.45) is 1.62. The molecule has 1 atom stereocenters. The molecule has 2 heterocycles. The highest BCUT2D eigenvalue weighted by atomic mass is 35.5. The lowest BCUT2D eigenvalue weighted by Gasteiger charge is -2.31. The Bertz CT molecular complexity index is 1000. The summed E-state index contributed by atoms with van der Waals surface area (Å²) in [5.74, 6) is 0.180. The number of aromatic nitrogens is 1. The number of nitrogens with zero attached hydrogens (tertiary/aromatic N) is 3. The molecule has 7 nitrogen and oxygen atoms in total. The first-order valence-electron chi connectivity index (χ1n) is 8.61. The Balaban J connectivity index is 1.59. The summed E-state index contributed by atoms with van der Waals surface area (Å²) in [5.41, 5.74) is 1.26. The standard InChI is InChI=1S/C19H16ClN3O4/c20-13-7-8-14(16(10-13)23(25)26)19(24)22-9-3-4-12(11-22)18-21-15-5-1-2-6-17(15)27-18/h1-2,5-8,10,12H,3-4,9,11H2. The molecule has 0 aliphatic carbocycles. The number of nitro groups is 1. The van der Waals surface area contributed by atoms with E-state index in [1.807, 2.05) is 24.3 Å². The second-order valence-electron chi connectivity index (χ2n) is 6.53. The summed E-state index contributed by atoms with van der Waals surface area (Å²) in [5, 5.41) is 11.5. The fourth-order valence-corrected chi connectivity index (χ4v) is 3.60. The summed E-state index contributed by atoms with van der Waals surface area (Å²) in [4.78, 5) is 29.8. The third kappa shape index (κ3) is 3.38. The van der Waals surface area contributed by atoms with Gasteiger partial charge in [0.2, 0.25) is 0 Å². The highest BCUT2D eigenvalue weighted by Crippen LogP contribution is 2.31. The van der Waals surface area contributed by atoms with Crippen LogP contribution in [-0.2, 0) is 0 Å². The zero-order valence-corrected chi connectivity index (χ0v) is 15.1. The summed E-state index contributed by atoms with van der Waals surface area (Å²) < 4.78 is 5.84. The van der Waals surface area contributed by atoms with Gasteiger partial charge in [0, 0.05) is 24.2 Å². The van der Waals surface area contributed by atoms with Crippen LogP contribution in [0.3, 0.4) is 0 Å². The van der Waals surface area contributed by atoms with Crippen LogP contribution in [0.1, 0.15) is 35.0 Å². The van der Waals surface area contributed by atoms with Crippen molar-refractivity contribution in [1.82, 2.24) is 9.88 Å². The molecule has 0 radical (unpaired) electrons. The van der Waals surface area contributed by atoms with E-state index >= 15 is 0 Å². The molecule has 1 aromatic heterocycles. The van der Waals surface area contributed by atoms with Crippen LogP contribution in [0.2, 0.25) is 5.02 Å². The van der Waals surface area contributed by atoms with Crippen LogP contribution < -0.4 is 0 Å². The number of piperidine rings is 1. The van der Waals surface area contributed by atoms with E-state index in [9.17, 15) is 14.9 Å². The minimum absolute atomic E-state index is 0.0403. The molecule has 2 aromatic carbocycles. The third-order valence-corrected chi connectivity index (χ3v) is 4.99. The Kier molecular flexibility index (Phi) is 4.53. The molecular formula is C19H16ClN3O4. The van der Waals surface area contributed by atoms with Gasteiger partial charge in [-0.25, -0.2) is 4.98 Å². The number of rotatable bonds is 3. The Morgan fingerprint density at radius 1 is 1.30 bits per heavy atom. The first-order chi connectivity index (χ1) is 13.0. The minimum Gasteiger partial charge on any atom is -0.440 e. The van der Waals surface area contributed by atoms with Gasteiger partial charge in [0.25, 0.3) is 11.6 Å². The number of oxazole rings is 1. The molecule has 4 rings (SSSR count). The van der Waals surface area contributed by atoms with Crippen molar-refractivity contribution in [1.29, 1.82) is 0 Å². The van der Waals surface area contributed by atoms with E-state index in [-0.39, 0.29) is 28.1 Å². The largest absolute Gasteiger partial charge is 0.440 e. The average molecular weight is 386 g/mol. The molecule has 1 unspecified atom stereocenters. The van der Waals surface area contributed by atoms with Gasteiger partial charge in [-0.2, -0.15) is 0 Å². The van der Waals surface area contributed by atoms with E-state index in [1.165, 1.54) is 18.2 Å². The lowest BCUT2D eigenvalue weighted by Crippen LogP contribution is -2.39. The smallest absolute Gasteiger partial charge is 0.283 e. The molecule has 0 bridgehead atoms. The van der Waals surface area contributed by atoms with Gasteiger partial charge in [0.15, 0.2) is 11.5 Å². The van der Waals surface area contributed by atoms with Gasteiger partial charge >= 0.3 is 0 Å². The molecule has 0 N–H and O–H groups in total. The van der Waals surface area contributed by atoms with E-state index in [2.05, 4.69) is 4.98 Å². The van der Waals surface area contributed by atoms with Gasteiger partial charge in [0.05, 0.1) is 10.8 Å². The SMILES string of the molecule is O=C(c1ccc(Cl)cc1[N+](=O)[O-])N1CCCC(c2nc3ccccc3o2)C1. The van der Waals surface area contributed by atoms with Crippen molar-refractivity contribution in [2.75, 3.05) is 13.1 Å². The second kappa shape index (κ2) is 7.00. The van der Waals surface area contributed by atoms with Crippen molar-refractivity contribution in [3.05, 3.63) is 69.1 Å². The lowest BCUT2D eigenvalue weighted by molar-refractivity contribution is -0.385. The van der Waals surface area contributed by atoms with Gasteiger partial charge in [-0.15, -0.1) is 0 Å². The van der Waals surface area contributed by atoms with Crippen LogP contribution in [0.25, 0.3) is 11.1 Å². The number of amides is 1. The van der Waals surface area contributed by atoms with Crippen LogP contribution in [0.15, 0.2) is 46.9 Å². The predicted molar refractivity (Wildman–Crippen MR) is 100.0 cm³/mol. The Morgan fingerprint density at radius 3 is 2.89 bits per heavy atom. The second-order valence-corrected chi connectivity index (χ2v) is 6.97. The van der Waals surface area contributed by atoms with Crippen molar-refractivity contribution in [3.8, 4) is 0 Å². The van der Waals surface area contributed by atoms with Gasteiger partial charge in [-0.3, -0.25) is 14.9 Å². The number of hydrogen-bond acceptors (Lipinski definition) is 5. The molecule has 3 aromatic rings. The number of likely N-dealkylation sites (tertiary alicyclic amines) is 1. The molecule has 1 aliphatic heterocycles. The number of benzene rings is 2. The summed E-state index contributed by atoms with van der Waals surface area (Å²) >= 11 is 5.84. The molecule has 8 heteroatoms. The van der Waals surface area contributed by atoms with Gasteiger partial charge in [-0.05, 0) is 37.1 Å². The van der Waals surface area contributed by atoms with E-state index in [0.29, 0.717) is 24.6 Å². The zero-order valence-electron chi connectivity index (χ0n) is 14.3. The van der Waals surface area contributed by atoms with Crippen molar-refractivity contribution in [2.24, 2.45) is 0 Å². The Morgan fingerprint density at radius 2 is 2.11 bits per heavy atom. The number of fused-ring (bicyclic) bond motifs is 1. The molecule has 1 amide bonds. The fraction of sp³-hybridized carbons (Fsp3) is 0.263. The number of hydrogen-bond donors (Lipinski definition) is 0. The lowest BCUT2D eigenvalue weighted by atomic mass is 9.97. The number of para-hydroxylation sites is 2. The molecule has 1 fully saturated rings. The quantitative estimate of drug-likeness (QED) is 0.492. The van der Waals surface area contributed by atoms with E-state index in [4.69, 9.17) is 16.0 Å². The summed E-state index contributed by atoms with van der Waals surface area (Å²) in [6.45, 7) is 0.945. The number of nitro benzene ring substituents is 1. The molecule has 0 saturated carbocycles. The maximum atomic E-state index is 12.9. The number of halogens is 1. The first kappa shape index (κ1) is 17.5. The van der Waals surface area contributed by atoms with Crippen molar-refractivity contribution in [2.45, 2.75) is 18.8 Å². The molecular weight excluding hydrogens is 370 g/mol. The van der Waals surface area contributed by atoms with Crippen molar-refractivity contribution < 1.29 is 14.1 Å². The zero-order chi connectivity index (χ0) is 19.0. The number of carbonyl (C=O) groups excluding carboxylic acids is 1. The van der Waals surface area contributed by atoms with Crippen LogP contribution in [0, 0.1) is 10.1 Å². The van der Waals surface area contributed by atoms with Gasteiger partial charge in [0.1, 0.15) is 11.1 Å². The molecule has 1 aliphatic rings. The summed E-state index contributed by atoms with van der Waals surface area (Å²) in [6, 6.07) is 11.6. The third-order valence-electron chi connectivity index (χ3n) is 4.76. The van der Waals surface area contributed by atoms with E-state index < -0.39 is 4.92 Å². The number of carbonyl (C=O) groups is 1. The predicted octanol–water partition coefficient (Wildman–Crippen LogP) is 4.41. The van der Waals surface area contributed by atoms with Crippen LogP contribution in [-0.4, -0.2) is 33.8 Å². The van der Waals surface area contributed by atoms with Gasteiger partial charge < -0.3 is 9.32 Å². The highest BCUT2D eigenvalue weighted by molar-refractivity contribution is 6.31. The van der Waals surface area contributed by atoms with Crippen molar-refractivity contribution in [3.63, 3.8) is 0 Å². The van der Waals surface area contributed by atoms with Crippen molar-refractivity contribution >= 4 is 34.3 Å². The van der Waals surface area contributed by atoms with E-state index in [1.54, 1.807) is 4.90 Å². The monoisotopic (exact) mass is 385 g/mol. The van der Waals surface area contributed by atoms with Crippen LogP contribution in [0.5, 0.6) is 0 Å². The molecule has 0 spiro atoms. The maximum Gasteiger partial charge on any atom is 0.283 e. The summed E-state index contributed by atoms with van der Waals surface area (Å²) in [7, 11) is 0. The first-order valence-corrected chi connectivity index (χ1v) is 8.99. The normalized spacial score (nSPS) is 17.2. The maximum absolute atomic E-state index is 12.9. The minimum atomic E-state index is -0.582. The molecule has 27 heavy (non-hydrogen) atoms. The van der Waals surface area contributed by atoms with E-state index in [0.717, 1.165) is 18.4 Å². The topological polar surface area (TPSA) is 89.5 Å². The average Bonchev–Trinajstić information content (AvgIpc) is 3.12. The highest BCUT2D eigenvalue weighted by Gasteiger charge is 2.31. The van der Waals surface area contributed by atoms with Crippen LogP contribution in [0.4, 0.5) is 5.69 Å². The van der Waals surface area contributed by atoms with Gasteiger partial charge in [-0.1, -0.05) is 23.7 Å². The Hall–Kier alpha value is -2.93. The Labute approximate surface area is 159 Å². The van der Waals surface area contributed by atoms with Crippen LogP contribution >= 0.6 is 11.6 Å². The molecule has 1 saturated heterocycles. The molecule has 138 valence electrons. The fourth-order valence-electron chi connectivity index (χ4n) is 3.43.